The van der Waals surface area contributed by atoms with Gasteiger partial charge in [0.15, 0.2) is 0 Å². The molecule has 33 heavy (non-hydrogen) atoms. The van der Waals surface area contributed by atoms with Crippen LogP contribution in [0.1, 0.15) is 85.4 Å². The maximum absolute atomic E-state index is 13.6. The van der Waals surface area contributed by atoms with Crippen molar-refractivity contribution in [1.29, 1.82) is 0 Å². The van der Waals surface area contributed by atoms with E-state index in [9.17, 15) is 14.4 Å². The minimum atomic E-state index is -0.907. The van der Waals surface area contributed by atoms with Gasteiger partial charge in [0.05, 0.1) is 0 Å². The van der Waals surface area contributed by atoms with Crippen LogP contribution in [-0.2, 0) is 14.3 Å². The highest BCUT2D eigenvalue weighted by Gasteiger charge is 2.40. The molecule has 0 aromatic heterocycles. The summed E-state index contributed by atoms with van der Waals surface area (Å²) in [6.45, 7) is 14.9. The summed E-state index contributed by atoms with van der Waals surface area (Å²) in [4.78, 5) is 40.7. The molecule has 0 saturated heterocycles. The van der Waals surface area contributed by atoms with E-state index >= 15 is 0 Å². The number of carbonyl (C=O) groups is 3. The van der Waals surface area contributed by atoms with E-state index in [4.69, 9.17) is 11.2 Å². The Hall–Kier alpha value is -3.01. The van der Waals surface area contributed by atoms with Crippen LogP contribution >= 0.6 is 0 Å². The van der Waals surface area contributed by atoms with E-state index in [1.165, 1.54) is 4.90 Å². The standard InChI is InChI=1S/C26H39N3O4/c1-10-12-17-27-22(30)21(20-15-13-19(11-2)14-16-20)29(25(4,5)6)23(31)18(3)28-24(32)33-26(7,8)9/h2,13-16,18,21H,10,12,17H2,1,3-9H3,(H,27,30)(H,28,32). The van der Waals surface area contributed by atoms with Crippen molar-refractivity contribution in [3.8, 4) is 12.3 Å². The molecule has 3 amide bonds. The molecule has 2 atom stereocenters. The topological polar surface area (TPSA) is 87.7 Å². The molecular weight excluding hydrogens is 418 g/mol. The van der Waals surface area contributed by atoms with Crippen LogP contribution in [0.2, 0.25) is 0 Å². The number of terminal acetylenes is 1. The van der Waals surface area contributed by atoms with Crippen LogP contribution in [0.3, 0.4) is 0 Å². The van der Waals surface area contributed by atoms with Crippen molar-refractivity contribution in [3.63, 3.8) is 0 Å². The molecule has 7 heteroatoms. The number of carbonyl (C=O) groups excluding carboxylic acids is 3. The Kier molecular flexibility index (Phi) is 9.97. The molecule has 0 radical (unpaired) electrons. The van der Waals surface area contributed by atoms with Gasteiger partial charge in [0.2, 0.25) is 11.8 Å². The van der Waals surface area contributed by atoms with Crippen molar-refractivity contribution >= 4 is 17.9 Å². The predicted octanol–water partition coefficient (Wildman–Crippen LogP) is 4.17. The molecule has 0 aliphatic rings. The number of unbranched alkanes of at least 4 members (excludes halogenated alkanes) is 1. The first kappa shape index (κ1) is 28.0. The van der Waals surface area contributed by atoms with Gasteiger partial charge in [0, 0.05) is 17.6 Å². The lowest BCUT2D eigenvalue weighted by Gasteiger charge is -2.42. The second-order valence-corrected chi connectivity index (χ2v) is 10.1. The monoisotopic (exact) mass is 457 g/mol. The van der Waals surface area contributed by atoms with Gasteiger partial charge in [0.1, 0.15) is 17.7 Å². The van der Waals surface area contributed by atoms with Crippen LogP contribution in [0.15, 0.2) is 24.3 Å². The summed E-state index contributed by atoms with van der Waals surface area (Å²) in [6, 6.07) is 5.21. The number of amides is 3. The van der Waals surface area contributed by atoms with Gasteiger partial charge in [-0.05, 0) is 72.6 Å². The lowest BCUT2D eigenvalue weighted by atomic mass is 9.95. The zero-order valence-electron chi connectivity index (χ0n) is 21.2. The van der Waals surface area contributed by atoms with Crippen molar-refractivity contribution in [2.45, 2.75) is 91.5 Å². The molecule has 0 bridgehead atoms. The van der Waals surface area contributed by atoms with Crippen LogP contribution in [0.4, 0.5) is 4.79 Å². The molecule has 1 aromatic rings. The van der Waals surface area contributed by atoms with Crippen molar-refractivity contribution in [1.82, 2.24) is 15.5 Å². The Morgan fingerprint density at radius 3 is 2.12 bits per heavy atom. The van der Waals surface area contributed by atoms with E-state index in [0.717, 1.165) is 12.8 Å². The Morgan fingerprint density at radius 2 is 1.67 bits per heavy atom. The first-order chi connectivity index (χ1) is 15.2. The predicted molar refractivity (Wildman–Crippen MR) is 130 cm³/mol. The Labute approximate surface area is 198 Å². The fourth-order valence-electron chi connectivity index (χ4n) is 3.26. The van der Waals surface area contributed by atoms with Gasteiger partial charge in [-0.1, -0.05) is 31.4 Å². The fraction of sp³-hybridized carbons (Fsp3) is 0.577. The fourth-order valence-corrected chi connectivity index (χ4v) is 3.26. The van der Waals surface area contributed by atoms with Crippen LogP contribution in [0.25, 0.3) is 0 Å². The largest absolute Gasteiger partial charge is 0.444 e. The number of hydrogen-bond donors (Lipinski definition) is 2. The summed E-state index contributed by atoms with van der Waals surface area (Å²) in [5.74, 6) is 1.88. The number of benzene rings is 1. The van der Waals surface area contributed by atoms with Gasteiger partial charge in [0.25, 0.3) is 0 Å². The summed E-state index contributed by atoms with van der Waals surface area (Å²) >= 11 is 0. The summed E-state index contributed by atoms with van der Waals surface area (Å²) < 4.78 is 5.29. The van der Waals surface area contributed by atoms with E-state index in [1.54, 1.807) is 52.0 Å². The highest BCUT2D eigenvalue weighted by molar-refractivity contribution is 5.92. The second-order valence-electron chi connectivity index (χ2n) is 10.1. The Morgan fingerprint density at radius 1 is 1.09 bits per heavy atom. The lowest BCUT2D eigenvalue weighted by molar-refractivity contribution is -0.148. The number of hydrogen-bond acceptors (Lipinski definition) is 4. The van der Waals surface area contributed by atoms with Crippen molar-refractivity contribution in [2.24, 2.45) is 0 Å². The quantitative estimate of drug-likeness (QED) is 0.453. The molecule has 2 unspecified atom stereocenters. The van der Waals surface area contributed by atoms with Gasteiger partial charge in [-0.15, -0.1) is 6.42 Å². The molecule has 0 aliphatic carbocycles. The van der Waals surface area contributed by atoms with E-state index < -0.39 is 35.2 Å². The molecule has 0 fully saturated rings. The van der Waals surface area contributed by atoms with E-state index in [1.807, 2.05) is 27.7 Å². The van der Waals surface area contributed by atoms with Crippen LogP contribution < -0.4 is 10.6 Å². The molecule has 182 valence electrons. The molecule has 1 rings (SSSR count). The molecule has 0 saturated carbocycles. The minimum absolute atomic E-state index is 0.287. The maximum Gasteiger partial charge on any atom is 0.408 e. The third-order valence-electron chi connectivity index (χ3n) is 4.79. The van der Waals surface area contributed by atoms with Crippen molar-refractivity contribution in [2.75, 3.05) is 6.54 Å². The third-order valence-corrected chi connectivity index (χ3v) is 4.79. The average Bonchev–Trinajstić information content (AvgIpc) is 2.69. The summed E-state index contributed by atoms with van der Waals surface area (Å²) in [5.41, 5.74) is -0.108. The normalized spacial score (nSPS) is 13.3. The SMILES string of the molecule is C#Cc1ccc(C(C(=O)NCCCC)N(C(=O)C(C)NC(=O)OC(C)(C)C)C(C)(C)C)cc1. The molecule has 0 heterocycles. The maximum atomic E-state index is 13.6. The van der Waals surface area contributed by atoms with Gasteiger partial charge in [-0.2, -0.15) is 0 Å². The smallest absolute Gasteiger partial charge is 0.408 e. The molecule has 0 aliphatic heterocycles. The van der Waals surface area contributed by atoms with Gasteiger partial charge in [-0.25, -0.2) is 4.79 Å². The van der Waals surface area contributed by atoms with Crippen LogP contribution in [-0.4, -0.2) is 46.5 Å². The third kappa shape index (κ3) is 8.80. The van der Waals surface area contributed by atoms with Gasteiger partial charge >= 0.3 is 6.09 Å². The number of rotatable bonds is 8. The van der Waals surface area contributed by atoms with Gasteiger partial charge < -0.3 is 20.3 Å². The number of nitrogens with one attached hydrogen (secondary N) is 2. The molecular formula is C26H39N3O4. The van der Waals surface area contributed by atoms with Crippen molar-refractivity contribution < 1.29 is 19.1 Å². The molecule has 1 aromatic carbocycles. The van der Waals surface area contributed by atoms with Crippen molar-refractivity contribution in [3.05, 3.63) is 35.4 Å². The zero-order chi connectivity index (χ0) is 25.4. The van der Waals surface area contributed by atoms with Gasteiger partial charge in [-0.3, -0.25) is 9.59 Å². The minimum Gasteiger partial charge on any atom is -0.444 e. The highest BCUT2D eigenvalue weighted by atomic mass is 16.6. The van der Waals surface area contributed by atoms with E-state index in [2.05, 4.69) is 16.6 Å². The molecule has 2 N–H and O–H groups in total. The summed E-state index contributed by atoms with van der Waals surface area (Å²) in [7, 11) is 0. The highest BCUT2D eigenvalue weighted by Crippen LogP contribution is 2.30. The second kappa shape index (κ2) is 11.7. The zero-order valence-corrected chi connectivity index (χ0v) is 21.2. The Bertz CT molecular complexity index is 857. The number of ether oxygens (including phenoxy) is 1. The number of alkyl carbamates (subject to hydrolysis) is 1. The van der Waals surface area contributed by atoms with Crippen LogP contribution in [0.5, 0.6) is 0 Å². The first-order valence-electron chi connectivity index (χ1n) is 11.4. The summed E-state index contributed by atoms with van der Waals surface area (Å²) in [6.07, 6.45) is 6.54. The molecule has 7 nitrogen and oxygen atoms in total. The molecule has 0 spiro atoms. The summed E-state index contributed by atoms with van der Waals surface area (Å²) in [5, 5.41) is 5.54. The number of nitrogens with zero attached hydrogens (tertiary/aromatic N) is 1. The van der Waals surface area contributed by atoms with E-state index in [-0.39, 0.29) is 5.91 Å². The average molecular weight is 458 g/mol. The lowest BCUT2D eigenvalue weighted by Crippen LogP contribution is -2.58. The Balaban J connectivity index is 3.35. The van der Waals surface area contributed by atoms with Crippen LogP contribution in [0, 0.1) is 12.3 Å². The van der Waals surface area contributed by atoms with E-state index in [0.29, 0.717) is 17.7 Å². The first-order valence-corrected chi connectivity index (χ1v) is 11.4.